The maximum atomic E-state index is 12.1. The van der Waals surface area contributed by atoms with E-state index < -0.39 is 0 Å². The van der Waals surface area contributed by atoms with Gasteiger partial charge in [-0.1, -0.05) is 6.07 Å². The van der Waals surface area contributed by atoms with E-state index in [2.05, 4.69) is 6.07 Å². The second kappa shape index (κ2) is 4.53. The first-order chi connectivity index (χ1) is 9.08. The number of aliphatic hydroxyl groups is 1. The summed E-state index contributed by atoms with van der Waals surface area (Å²) in [5.41, 5.74) is 9.61. The summed E-state index contributed by atoms with van der Waals surface area (Å²) in [5, 5.41) is 9.61. The van der Waals surface area contributed by atoms with Gasteiger partial charge in [-0.2, -0.15) is 0 Å². The normalized spacial score (nSPS) is 26.6. The Bertz CT molecular complexity index is 519. The number of hydrogen-bond donors (Lipinski definition) is 2. The van der Waals surface area contributed by atoms with E-state index in [9.17, 15) is 9.90 Å². The molecule has 3 N–H and O–H groups in total. The number of amides is 1. The van der Waals surface area contributed by atoms with E-state index in [-0.39, 0.29) is 12.0 Å². The molecule has 1 aliphatic heterocycles. The van der Waals surface area contributed by atoms with Crippen LogP contribution in [0.2, 0.25) is 0 Å². The lowest BCUT2D eigenvalue weighted by atomic mass is 9.80. The fourth-order valence-electron chi connectivity index (χ4n) is 3.37. The first-order valence-electron chi connectivity index (χ1n) is 6.92. The van der Waals surface area contributed by atoms with Crippen molar-refractivity contribution in [2.75, 3.05) is 12.8 Å². The summed E-state index contributed by atoms with van der Waals surface area (Å²) in [4.78, 5) is 13.8. The Morgan fingerprint density at radius 1 is 1.26 bits per heavy atom. The lowest BCUT2D eigenvalue weighted by Gasteiger charge is -2.27. The lowest BCUT2D eigenvalue weighted by molar-refractivity contribution is 0.0817. The monoisotopic (exact) mass is 260 g/mol. The Hall–Kier alpha value is -1.55. The highest BCUT2D eigenvalue weighted by molar-refractivity contribution is 6.03. The van der Waals surface area contributed by atoms with Crippen molar-refractivity contribution in [3.05, 3.63) is 28.8 Å². The van der Waals surface area contributed by atoms with Crippen molar-refractivity contribution in [3.8, 4) is 0 Å². The Balaban J connectivity index is 1.98. The Kier molecular flexibility index (Phi) is 2.97. The van der Waals surface area contributed by atoms with Gasteiger partial charge in [-0.15, -0.1) is 0 Å². The van der Waals surface area contributed by atoms with Crippen LogP contribution in [0.25, 0.3) is 0 Å². The minimum atomic E-state index is -0.151. The van der Waals surface area contributed by atoms with Crippen molar-refractivity contribution in [2.24, 2.45) is 0 Å². The summed E-state index contributed by atoms with van der Waals surface area (Å²) >= 11 is 0. The van der Waals surface area contributed by atoms with Crippen LogP contribution < -0.4 is 5.73 Å². The molecule has 0 radical (unpaired) electrons. The molecular formula is C15H20N2O2. The van der Waals surface area contributed by atoms with Crippen molar-refractivity contribution in [1.82, 2.24) is 4.90 Å². The molecule has 102 valence electrons. The topological polar surface area (TPSA) is 66.6 Å². The third-order valence-corrected chi connectivity index (χ3v) is 4.47. The molecule has 1 aliphatic carbocycles. The van der Waals surface area contributed by atoms with Gasteiger partial charge in [0.1, 0.15) is 0 Å². The van der Waals surface area contributed by atoms with E-state index >= 15 is 0 Å². The third kappa shape index (κ3) is 2.00. The number of nitrogen functional groups attached to an aromatic ring is 1. The smallest absolute Gasteiger partial charge is 0.256 e. The fraction of sp³-hybridized carbons (Fsp3) is 0.533. The van der Waals surface area contributed by atoms with Crippen molar-refractivity contribution in [2.45, 2.75) is 44.2 Å². The zero-order chi connectivity index (χ0) is 13.6. The summed E-state index contributed by atoms with van der Waals surface area (Å²) in [5.74, 6) is 0.488. The molecule has 4 heteroatoms. The minimum Gasteiger partial charge on any atom is -0.398 e. The van der Waals surface area contributed by atoms with Crippen molar-refractivity contribution in [1.29, 1.82) is 0 Å². The highest BCUT2D eigenvalue weighted by Crippen LogP contribution is 2.39. The number of hydrogen-bond acceptors (Lipinski definition) is 3. The Morgan fingerprint density at radius 3 is 2.63 bits per heavy atom. The van der Waals surface area contributed by atoms with Crippen LogP contribution in [-0.4, -0.2) is 29.1 Å². The van der Waals surface area contributed by atoms with Gasteiger partial charge in [-0.25, -0.2) is 0 Å². The fourth-order valence-corrected chi connectivity index (χ4v) is 3.37. The molecule has 2 aliphatic rings. The zero-order valence-electron chi connectivity index (χ0n) is 11.2. The van der Waals surface area contributed by atoms with Gasteiger partial charge in [0.2, 0.25) is 0 Å². The molecule has 1 saturated carbocycles. The molecule has 19 heavy (non-hydrogen) atoms. The number of anilines is 1. The average Bonchev–Trinajstić information content (AvgIpc) is 2.69. The van der Waals surface area contributed by atoms with Crippen LogP contribution >= 0.6 is 0 Å². The number of fused-ring (bicyclic) bond motifs is 1. The van der Waals surface area contributed by atoms with Crippen LogP contribution in [0.3, 0.4) is 0 Å². The van der Waals surface area contributed by atoms with E-state index in [0.717, 1.165) is 31.2 Å². The van der Waals surface area contributed by atoms with Crippen LogP contribution in [0.4, 0.5) is 5.69 Å². The molecule has 0 aromatic heterocycles. The number of carbonyl (C=O) groups excluding carboxylic acids is 1. The third-order valence-electron chi connectivity index (χ3n) is 4.47. The van der Waals surface area contributed by atoms with Gasteiger partial charge in [-0.3, -0.25) is 4.79 Å². The van der Waals surface area contributed by atoms with E-state index in [4.69, 9.17) is 5.73 Å². The number of carbonyl (C=O) groups is 1. The molecule has 1 fully saturated rings. The molecule has 1 aromatic rings. The number of aliphatic hydroxyl groups excluding tert-OH is 1. The lowest BCUT2D eigenvalue weighted by Crippen LogP contribution is -2.18. The van der Waals surface area contributed by atoms with Crippen LogP contribution in [0.1, 0.15) is 53.1 Å². The second-order valence-electron chi connectivity index (χ2n) is 5.76. The Morgan fingerprint density at radius 2 is 1.95 bits per heavy atom. The molecule has 0 atom stereocenters. The largest absolute Gasteiger partial charge is 0.398 e. The highest BCUT2D eigenvalue weighted by Gasteiger charge is 2.32. The maximum Gasteiger partial charge on any atom is 0.256 e. The molecular weight excluding hydrogens is 240 g/mol. The first kappa shape index (κ1) is 12.5. The van der Waals surface area contributed by atoms with E-state index in [1.807, 2.05) is 13.1 Å². The predicted molar refractivity (Wildman–Crippen MR) is 73.9 cm³/mol. The van der Waals surface area contributed by atoms with Crippen molar-refractivity contribution < 1.29 is 9.90 Å². The van der Waals surface area contributed by atoms with Crippen molar-refractivity contribution in [3.63, 3.8) is 0 Å². The first-order valence-corrected chi connectivity index (χ1v) is 6.92. The molecule has 1 amide bonds. The van der Waals surface area contributed by atoms with Gasteiger partial charge in [0, 0.05) is 19.3 Å². The van der Waals surface area contributed by atoms with E-state index in [1.165, 1.54) is 5.56 Å². The van der Waals surface area contributed by atoms with Gasteiger partial charge in [0.25, 0.3) is 5.91 Å². The number of rotatable bonds is 1. The van der Waals surface area contributed by atoms with Crippen LogP contribution in [-0.2, 0) is 6.54 Å². The minimum absolute atomic E-state index is 0.0326. The zero-order valence-corrected chi connectivity index (χ0v) is 11.2. The molecule has 0 spiro atoms. The molecule has 1 aromatic carbocycles. The van der Waals surface area contributed by atoms with Crippen LogP contribution in [0.15, 0.2) is 12.1 Å². The van der Waals surface area contributed by atoms with Gasteiger partial charge in [0.05, 0.1) is 11.7 Å². The summed E-state index contributed by atoms with van der Waals surface area (Å²) in [6.07, 6.45) is 3.55. The summed E-state index contributed by atoms with van der Waals surface area (Å²) in [7, 11) is 1.82. The van der Waals surface area contributed by atoms with Crippen LogP contribution in [0, 0.1) is 0 Å². The van der Waals surface area contributed by atoms with Gasteiger partial charge in [-0.05, 0) is 48.8 Å². The van der Waals surface area contributed by atoms with Crippen molar-refractivity contribution >= 4 is 11.6 Å². The molecule has 1 heterocycles. The average molecular weight is 260 g/mol. The van der Waals surface area contributed by atoms with Gasteiger partial charge in [0.15, 0.2) is 0 Å². The number of nitrogens with zero attached hydrogens (tertiary/aromatic N) is 1. The predicted octanol–water partition coefficient (Wildman–Crippen LogP) is 1.87. The second-order valence-corrected chi connectivity index (χ2v) is 5.76. The van der Waals surface area contributed by atoms with Gasteiger partial charge < -0.3 is 15.7 Å². The molecule has 4 nitrogen and oxygen atoms in total. The summed E-state index contributed by atoms with van der Waals surface area (Å²) < 4.78 is 0. The van der Waals surface area contributed by atoms with E-state index in [0.29, 0.717) is 23.7 Å². The molecule has 0 bridgehead atoms. The van der Waals surface area contributed by atoms with E-state index in [1.54, 1.807) is 4.90 Å². The number of benzene rings is 1. The van der Waals surface area contributed by atoms with Crippen LogP contribution in [0.5, 0.6) is 0 Å². The molecule has 0 unspecified atom stereocenters. The maximum absolute atomic E-state index is 12.1. The van der Waals surface area contributed by atoms with Gasteiger partial charge >= 0.3 is 0 Å². The number of nitrogens with two attached hydrogens (primary N) is 1. The quantitative estimate of drug-likeness (QED) is 0.758. The SMILES string of the molecule is CN1Cc2c(C3CCC(O)CC3)ccc(N)c2C1=O. The highest BCUT2D eigenvalue weighted by atomic mass is 16.3. The summed E-state index contributed by atoms with van der Waals surface area (Å²) in [6.45, 7) is 0.660. The standard InChI is InChI=1S/C15H20N2O2/c1-17-8-12-11(9-2-4-10(18)5-3-9)6-7-13(16)14(12)15(17)19/h6-7,9-10,18H,2-5,8,16H2,1H3. The Labute approximate surface area is 113 Å². The molecule has 3 rings (SSSR count). The molecule has 0 saturated heterocycles. The summed E-state index contributed by atoms with van der Waals surface area (Å²) in [6, 6.07) is 3.93.